The van der Waals surface area contributed by atoms with Crippen molar-refractivity contribution in [2.45, 2.75) is 18.9 Å². The monoisotopic (exact) mass is 340 g/mol. The summed E-state index contributed by atoms with van der Waals surface area (Å²) in [5, 5.41) is 17.2. The standard InChI is InChI=1S/C16H18F2N2O2S/c1-16(22,14-3-2-8-23-14)10-20-15(21)19-7-6-11-9-12(17)4-5-13(11)18/h2-5,8-9,22H,6-7,10H2,1H3,(H2,19,20,21). The highest BCUT2D eigenvalue weighted by Crippen LogP contribution is 2.24. The Bertz CT molecular complexity index is 660. The molecule has 2 rings (SSSR count). The number of halogens is 2. The summed E-state index contributed by atoms with van der Waals surface area (Å²) < 4.78 is 26.5. The first-order chi connectivity index (χ1) is 10.9. The fourth-order valence-electron chi connectivity index (χ4n) is 2.03. The Morgan fingerprint density at radius 2 is 2.09 bits per heavy atom. The summed E-state index contributed by atoms with van der Waals surface area (Å²) in [6.07, 6.45) is 0.179. The average molecular weight is 340 g/mol. The van der Waals surface area contributed by atoms with Crippen LogP contribution < -0.4 is 10.6 Å². The minimum atomic E-state index is -1.15. The molecule has 0 radical (unpaired) electrons. The van der Waals surface area contributed by atoms with E-state index in [1.165, 1.54) is 11.3 Å². The van der Waals surface area contributed by atoms with Gasteiger partial charge in [0.05, 0.1) is 6.54 Å². The fraction of sp³-hybridized carbons (Fsp3) is 0.312. The molecule has 0 saturated heterocycles. The first-order valence-electron chi connectivity index (χ1n) is 7.10. The second kappa shape index (κ2) is 7.52. The number of carbonyl (C=O) groups excluding carboxylic acids is 1. The number of rotatable bonds is 6. The van der Waals surface area contributed by atoms with E-state index in [1.54, 1.807) is 13.0 Å². The van der Waals surface area contributed by atoms with Crippen LogP contribution in [-0.4, -0.2) is 24.2 Å². The number of aliphatic hydroxyl groups is 1. The summed E-state index contributed by atoms with van der Waals surface area (Å²) in [7, 11) is 0. The summed E-state index contributed by atoms with van der Waals surface area (Å²) in [6.45, 7) is 1.82. The van der Waals surface area contributed by atoms with E-state index in [9.17, 15) is 18.7 Å². The van der Waals surface area contributed by atoms with Crippen LogP contribution in [0.25, 0.3) is 0 Å². The largest absolute Gasteiger partial charge is 0.383 e. The molecule has 0 saturated carbocycles. The zero-order valence-electron chi connectivity index (χ0n) is 12.6. The molecule has 2 amide bonds. The molecule has 0 aliphatic rings. The average Bonchev–Trinajstić information content (AvgIpc) is 3.04. The molecule has 0 spiro atoms. The molecule has 1 aromatic carbocycles. The molecule has 1 atom stereocenters. The molecule has 124 valence electrons. The normalized spacial score (nSPS) is 13.4. The molecule has 3 N–H and O–H groups in total. The SMILES string of the molecule is CC(O)(CNC(=O)NCCc1cc(F)ccc1F)c1cccs1. The topological polar surface area (TPSA) is 61.4 Å². The minimum absolute atomic E-state index is 0.0493. The maximum Gasteiger partial charge on any atom is 0.314 e. The van der Waals surface area contributed by atoms with Gasteiger partial charge >= 0.3 is 6.03 Å². The van der Waals surface area contributed by atoms with Crippen LogP contribution in [0.5, 0.6) is 0 Å². The van der Waals surface area contributed by atoms with Crippen molar-refractivity contribution < 1.29 is 18.7 Å². The van der Waals surface area contributed by atoms with Gasteiger partial charge in [-0.25, -0.2) is 13.6 Å². The fourth-order valence-corrected chi connectivity index (χ4v) is 2.82. The Labute approximate surface area is 137 Å². The van der Waals surface area contributed by atoms with E-state index >= 15 is 0 Å². The second-order valence-electron chi connectivity index (χ2n) is 5.35. The van der Waals surface area contributed by atoms with E-state index in [-0.39, 0.29) is 25.1 Å². The summed E-state index contributed by atoms with van der Waals surface area (Å²) in [5.74, 6) is -1.02. The van der Waals surface area contributed by atoms with E-state index in [4.69, 9.17) is 0 Å². The van der Waals surface area contributed by atoms with Gasteiger partial charge in [-0.15, -0.1) is 11.3 Å². The van der Waals surface area contributed by atoms with Crippen molar-refractivity contribution in [3.8, 4) is 0 Å². The van der Waals surface area contributed by atoms with E-state index in [2.05, 4.69) is 10.6 Å². The number of amides is 2. The quantitative estimate of drug-likeness (QED) is 0.757. The van der Waals surface area contributed by atoms with Gasteiger partial charge in [0.2, 0.25) is 0 Å². The van der Waals surface area contributed by atoms with Crippen molar-refractivity contribution in [1.82, 2.24) is 10.6 Å². The van der Waals surface area contributed by atoms with E-state index in [0.29, 0.717) is 0 Å². The minimum Gasteiger partial charge on any atom is -0.383 e. The van der Waals surface area contributed by atoms with Crippen molar-refractivity contribution in [2.24, 2.45) is 0 Å². The maximum atomic E-state index is 13.4. The number of hydrogen-bond acceptors (Lipinski definition) is 3. The van der Waals surface area contributed by atoms with Gasteiger partial charge in [-0.3, -0.25) is 0 Å². The number of hydrogen-bond donors (Lipinski definition) is 3. The molecule has 7 heteroatoms. The van der Waals surface area contributed by atoms with E-state index < -0.39 is 23.3 Å². The highest BCUT2D eigenvalue weighted by Gasteiger charge is 2.24. The van der Waals surface area contributed by atoms with Gasteiger partial charge in [0.25, 0.3) is 0 Å². The van der Waals surface area contributed by atoms with Crippen LogP contribution in [0.2, 0.25) is 0 Å². The second-order valence-corrected chi connectivity index (χ2v) is 6.29. The number of benzene rings is 1. The third kappa shape index (κ3) is 5.01. The molecular formula is C16H18F2N2O2S. The van der Waals surface area contributed by atoms with Gasteiger partial charge in [0.1, 0.15) is 17.2 Å². The molecule has 1 unspecified atom stereocenters. The Hall–Kier alpha value is -1.99. The zero-order valence-corrected chi connectivity index (χ0v) is 13.4. The van der Waals surface area contributed by atoms with Crippen LogP contribution in [0.15, 0.2) is 35.7 Å². The van der Waals surface area contributed by atoms with Crippen LogP contribution in [0.3, 0.4) is 0 Å². The van der Waals surface area contributed by atoms with Crippen LogP contribution in [0, 0.1) is 11.6 Å². The summed E-state index contributed by atoms with van der Waals surface area (Å²) in [6, 6.07) is 6.35. The van der Waals surface area contributed by atoms with Crippen molar-refractivity contribution in [2.75, 3.05) is 13.1 Å². The number of thiophene rings is 1. The number of nitrogens with one attached hydrogen (secondary N) is 2. The Kier molecular flexibility index (Phi) is 5.68. The first-order valence-corrected chi connectivity index (χ1v) is 7.98. The summed E-state index contributed by atoms with van der Waals surface area (Å²) >= 11 is 1.40. The van der Waals surface area contributed by atoms with Gasteiger partial charge in [-0.05, 0) is 48.6 Å². The number of urea groups is 1. The molecular weight excluding hydrogens is 322 g/mol. The highest BCUT2D eigenvalue weighted by atomic mass is 32.1. The van der Waals surface area contributed by atoms with Crippen molar-refractivity contribution in [3.05, 3.63) is 57.8 Å². The van der Waals surface area contributed by atoms with Crippen LogP contribution >= 0.6 is 11.3 Å². The lowest BCUT2D eigenvalue weighted by Gasteiger charge is -2.22. The lowest BCUT2D eigenvalue weighted by Crippen LogP contribution is -2.43. The maximum absolute atomic E-state index is 13.4. The zero-order chi connectivity index (χ0) is 16.9. The van der Waals surface area contributed by atoms with Gasteiger partial charge in [0, 0.05) is 11.4 Å². The smallest absolute Gasteiger partial charge is 0.314 e. The lowest BCUT2D eigenvalue weighted by molar-refractivity contribution is 0.0631. The van der Waals surface area contributed by atoms with Crippen LogP contribution in [-0.2, 0) is 12.0 Å². The summed E-state index contributed by atoms with van der Waals surface area (Å²) in [4.78, 5) is 12.5. The van der Waals surface area contributed by atoms with Gasteiger partial charge in [0.15, 0.2) is 0 Å². The summed E-state index contributed by atoms with van der Waals surface area (Å²) in [5.41, 5.74) is -0.948. The molecule has 23 heavy (non-hydrogen) atoms. The Morgan fingerprint density at radius 3 is 2.78 bits per heavy atom. The Morgan fingerprint density at radius 1 is 1.30 bits per heavy atom. The molecule has 0 aliphatic carbocycles. The van der Waals surface area contributed by atoms with Crippen molar-refractivity contribution in [1.29, 1.82) is 0 Å². The Balaban J connectivity index is 1.76. The molecule has 2 aromatic rings. The molecule has 1 heterocycles. The lowest BCUT2D eigenvalue weighted by atomic mass is 10.1. The van der Waals surface area contributed by atoms with Gasteiger partial charge < -0.3 is 15.7 Å². The third-order valence-electron chi connectivity index (χ3n) is 3.33. The predicted molar refractivity (Wildman–Crippen MR) is 85.4 cm³/mol. The van der Waals surface area contributed by atoms with Gasteiger partial charge in [-0.2, -0.15) is 0 Å². The highest BCUT2D eigenvalue weighted by molar-refractivity contribution is 7.10. The first kappa shape index (κ1) is 17.4. The number of carbonyl (C=O) groups is 1. The van der Waals surface area contributed by atoms with E-state index in [1.807, 2.05) is 11.4 Å². The van der Waals surface area contributed by atoms with Crippen LogP contribution in [0.1, 0.15) is 17.4 Å². The van der Waals surface area contributed by atoms with E-state index in [0.717, 1.165) is 23.1 Å². The van der Waals surface area contributed by atoms with Crippen molar-refractivity contribution in [3.63, 3.8) is 0 Å². The molecule has 4 nitrogen and oxygen atoms in total. The predicted octanol–water partition coefficient (Wildman–Crippen LogP) is 2.78. The van der Waals surface area contributed by atoms with Crippen molar-refractivity contribution >= 4 is 17.4 Å². The third-order valence-corrected chi connectivity index (χ3v) is 4.46. The molecule has 0 aliphatic heterocycles. The molecule has 0 bridgehead atoms. The molecule has 0 fully saturated rings. The van der Waals surface area contributed by atoms with Gasteiger partial charge in [-0.1, -0.05) is 6.07 Å². The molecule has 1 aromatic heterocycles. The van der Waals surface area contributed by atoms with Crippen LogP contribution in [0.4, 0.5) is 13.6 Å².